The Morgan fingerprint density at radius 2 is 2.17 bits per heavy atom. The van der Waals surface area contributed by atoms with Crippen molar-refractivity contribution in [2.24, 2.45) is 0 Å². The monoisotopic (exact) mass is 344 g/mol. The molecule has 0 aliphatic carbocycles. The van der Waals surface area contributed by atoms with Gasteiger partial charge in [0.2, 0.25) is 0 Å². The highest BCUT2D eigenvalue weighted by Crippen LogP contribution is 2.12. The van der Waals surface area contributed by atoms with Crippen molar-refractivity contribution in [2.75, 3.05) is 6.54 Å². The number of H-pyrrole nitrogens is 1. The maximum absolute atomic E-state index is 12.2. The minimum atomic E-state index is -0.173. The molecule has 3 rings (SSSR count). The lowest BCUT2D eigenvalue weighted by Crippen LogP contribution is -2.26. The molecule has 0 saturated heterocycles. The summed E-state index contributed by atoms with van der Waals surface area (Å²) in [5.41, 5.74) is 6.15. The molecule has 0 aliphatic rings. The van der Waals surface area contributed by atoms with E-state index < -0.39 is 0 Å². The largest absolute Gasteiger partial charge is 0.350 e. The fourth-order valence-electron chi connectivity index (χ4n) is 2.50. The third-order valence-corrected chi connectivity index (χ3v) is 4.76. The van der Waals surface area contributed by atoms with Crippen LogP contribution in [-0.4, -0.2) is 37.4 Å². The van der Waals surface area contributed by atoms with Gasteiger partial charge in [0.05, 0.1) is 29.1 Å². The summed E-state index contributed by atoms with van der Waals surface area (Å²) in [5, 5.41) is 14.3. The fraction of sp³-hybridized carbons (Fsp3) is 0.375. The van der Waals surface area contributed by atoms with Crippen LogP contribution in [0.1, 0.15) is 38.1 Å². The van der Waals surface area contributed by atoms with Crippen LogP contribution < -0.4 is 5.32 Å². The summed E-state index contributed by atoms with van der Waals surface area (Å²) in [6.07, 6.45) is 0.783. The Hall–Kier alpha value is -2.48. The molecule has 0 aromatic carbocycles. The number of thiazole rings is 1. The van der Waals surface area contributed by atoms with E-state index in [4.69, 9.17) is 0 Å². The van der Waals surface area contributed by atoms with Crippen molar-refractivity contribution >= 4 is 17.2 Å². The van der Waals surface area contributed by atoms with E-state index in [1.807, 2.05) is 37.0 Å². The maximum Gasteiger partial charge on any atom is 0.271 e. The van der Waals surface area contributed by atoms with Crippen molar-refractivity contribution in [2.45, 2.75) is 33.7 Å². The Labute approximate surface area is 144 Å². The molecule has 0 fully saturated rings. The van der Waals surface area contributed by atoms with Gasteiger partial charge in [0, 0.05) is 23.5 Å². The molecule has 0 bridgehead atoms. The topological polar surface area (TPSA) is 88.5 Å². The van der Waals surface area contributed by atoms with Gasteiger partial charge in [-0.3, -0.25) is 14.6 Å². The Morgan fingerprint density at radius 1 is 1.33 bits per heavy atom. The van der Waals surface area contributed by atoms with Crippen LogP contribution in [0.25, 0.3) is 0 Å². The summed E-state index contributed by atoms with van der Waals surface area (Å²) in [7, 11) is 0. The van der Waals surface area contributed by atoms with Crippen LogP contribution in [0.4, 0.5) is 0 Å². The molecule has 3 heterocycles. The zero-order valence-electron chi connectivity index (χ0n) is 14.0. The van der Waals surface area contributed by atoms with Crippen LogP contribution in [0, 0.1) is 20.8 Å². The number of carbonyl (C=O) groups excluding carboxylic acids is 1. The molecule has 126 valence electrons. The van der Waals surface area contributed by atoms with Crippen molar-refractivity contribution in [3.8, 4) is 0 Å². The van der Waals surface area contributed by atoms with Gasteiger partial charge >= 0.3 is 0 Å². The van der Waals surface area contributed by atoms with E-state index >= 15 is 0 Å². The number of aryl methyl sites for hydroxylation is 3. The summed E-state index contributed by atoms with van der Waals surface area (Å²) >= 11 is 1.61. The maximum atomic E-state index is 12.2. The van der Waals surface area contributed by atoms with E-state index in [0.29, 0.717) is 18.8 Å². The molecule has 24 heavy (non-hydrogen) atoms. The van der Waals surface area contributed by atoms with Crippen LogP contribution in [0.15, 0.2) is 17.6 Å². The number of amides is 1. The summed E-state index contributed by atoms with van der Waals surface area (Å²) in [6, 6.07) is 3.79. The highest BCUT2D eigenvalue weighted by Gasteiger charge is 2.12. The second kappa shape index (κ2) is 6.96. The number of hydrogen-bond donors (Lipinski definition) is 2. The minimum Gasteiger partial charge on any atom is -0.350 e. The average Bonchev–Trinajstić information content (AvgIpc) is 3.22. The highest BCUT2D eigenvalue weighted by molar-refractivity contribution is 7.09. The van der Waals surface area contributed by atoms with Crippen molar-refractivity contribution < 1.29 is 4.79 Å². The van der Waals surface area contributed by atoms with Gasteiger partial charge in [0.25, 0.3) is 5.91 Å². The summed E-state index contributed by atoms with van der Waals surface area (Å²) in [6.45, 7) is 7.08. The third-order valence-electron chi connectivity index (χ3n) is 3.77. The number of nitrogens with zero attached hydrogens (tertiary/aromatic N) is 4. The molecule has 3 aromatic heterocycles. The Balaban J connectivity index is 1.55. The normalized spacial score (nSPS) is 11.0. The molecular weight excluding hydrogens is 324 g/mol. The molecule has 0 aliphatic heterocycles. The van der Waals surface area contributed by atoms with Gasteiger partial charge in [-0.05, 0) is 32.9 Å². The van der Waals surface area contributed by atoms with Crippen LogP contribution in [0.2, 0.25) is 0 Å². The van der Waals surface area contributed by atoms with E-state index in [9.17, 15) is 4.79 Å². The van der Waals surface area contributed by atoms with Crippen LogP contribution >= 0.6 is 11.3 Å². The predicted molar refractivity (Wildman–Crippen MR) is 92.3 cm³/mol. The molecule has 2 N–H and O–H groups in total. The number of aromatic amines is 1. The first-order valence-corrected chi connectivity index (χ1v) is 8.63. The molecule has 0 unspecified atom stereocenters. The average molecular weight is 344 g/mol. The van der Waals surface area contributed by atoms with Crippen LogP contribution in [0.5, 0.6) is 0 Å². The van der Waals surface area contributed by atoms with Crippen LogP contribution in [0.3, 0.4) is 0 Å². The molecule has 3 aromatic rings. The first-order valence-electron chi connectivity index (χ1n) is 7.75. The first-order chi connectivity index (χ1) is 11.5. The van der Waals surface area contributed by atoms with Gasteiger partial charge < -0.3 is 5.32 Å². The summed E-state index contributed by atoms with van der Waals surface area (Å²) in [4.78, 5) is 17.6. The van der Waals surface area contributed by atoms with Gasteiger partial charge in [0.15, 0.2) is 0 Å². The Bertz CT molecular complexity index is 847. The van der Waals surface area contributed by atoms with Gasteiger partial charge in [-0.25, -0.2) is 4.98 Å². The van der Waals surface area contributed by atoms with E-state index in [2.05, 4.69) is 25.6 Å². The van der Waals surface area contributed by atoms with Gasteiger partial charge in [0.1, 0.15) is 5.69 Å². The zero-order chi connectivity index (χ0) is 17.1. The highest BCUT2D eigenvalue weighted by atomic mass is 32.1. The van der Waals surface area contributed by atoms with E-state index in [0.717, 1.165) is 29.2 Å². The molecule has 1 amide bonds. The van der Waals surface area contributed by atoms with Crippen molar-refractivity contribution in [1.29, 1.82) is 0 Å². The third kappa shape index (κ3) is 3.70. The zero-order valence-corrected chi connectivity index (χ0v) is 14.8. The first kappa shape index (κ1) is 16.4. The predicted octanol–water partition coefficient (Wildman–Crippen LogP) is 2.01. The lowest BCUT2D eigenvalue weighted by Gasteiger charge is -2.02. The number of rotatable bonds is 6. The van der Waals surface area contributed by atoms with Crippen LogP contribution in [-0.2, 0) is 13.0 Å². The smallest absolute Gasteiger partial charge is 0.271 e. The second-order valence-corrected chi connectivity index (χ2v) is 6.67. The van der Waals surface area contributed by atoms with Gasteiger partial charge in [-0.1, -0.05) is 0 Å². The summed E-state index contributed by atoms with van der Waals surface area (Å²) in [5.74, 6) is -0.173. The second-order valence-electron chi connectivity index (χ2n) is 5.73. The number of aromatic nitrogens is 5. The molecule has 8 heteroatoms. The minimum absolute atomic E-state index is 0.173. The standard InChI is InChI=1S/C16H20N6OS/c1-10-6-11(2)22(21-10)8-13-7-14(20-19-13)16(23)17-5-4-15-12(3)18-9-24-15/h6-7,9H,4-5,8H2,1-3H3,(H,17,23)(H,19,20). The Kier molecular flexibility index (Phi) is 4.75. The SMILES string of the molecule is Cc1cc(C)n(Cc2cc(C(=O)NCCc3scnc3C)n[nH]2)n1. The lowest BCUT2D eigenvalue weighted by molar-refractivity contribution is 0.0949. The molecule has 0 saturated carbocycles. The van der Waals surface area contributed by atoms with Crippen molar-refractivity contribution in [1.82, 2.24) is 30.3 Å². The molecule has 0 spiro atoms. The number of nitrogens with one attached hydrogen (secondary N) is 2. The molecule has 7 nitrogen and oxygen atoms in total. The van der Waals surface area contributed by atoms with Crippen molar-refractivity contribution in [3.63, 3.8) is 0 Å². The van der Waals surface area contributed by atoms with Gasteiger partial charge in [-0.15, -0.1) is 11.3 Å². The fourth-order valence-corrected chi connectivity index (χ4v) is 3.28. The van der Waals surface area contributed by atoms with E-state index in [1.165, 1.54) is 4.88 Å². The summed E-state index contributed by atoms with van der Waals surface area (Å²) < 4.78 is 1.89. The van der Waals surface area contributed by atoms with Gasteiger partial charge in [-0.2, -0.15) is 10.2 Å². The quantitative estimate of drug-likeness (QED) is 0.716. The molecule has 0 atom stereocenters. The number of hydrogen-bond acceptors (Lipinski definition) is 5. The van der Waals surface area contributed by atoms with E-state index in [1.54, 1.807) is 17.4 Å². The molecular formula is C16H20N6OS. The number of carbonyl (C=O) groups is 1. The van der Waals surface area contributed by atoms with E-state index in [-0.39, 0.29) is 5.91 Å². The molecule has 0 radical (unpaired) electrons. The lowest BCUT2D eigenvalue weighted by atomic mass is 10.3. The Morgan fingerprint density at radius 3 is 2.83 bits per heavy atom. The van der Waals surface area contributed by atoms with Crippen molar-refractivity contribution in [3.05, 3.63) is 51.0 Å².